The number of aliphatic hydroxyl groups is 1. The average molecular weight is 244 g/mol. The summed E-state index contributed by atoms with van der Waals surface area (Å²) in [6.45, 7) is 1.46. The molecule has 0 radical (unpaired) electrons. The second-order valence-electron chi connectivity index (χ2n) is 3.79. The van der Waals surface area contributed by atoms with Crippen molar-refractivity contribution >= 4 is 5.91 Å². The molecular formula is C11H14F2N2O2. The van der Waals surface area contributed by atoms with Gasteiger partial charge in [-0.05, 0) is 18.1 Å². The van der Waals surface area contributed by atoms with E-state index in [2.05, 4.69) is 10.3 Å². The molecule has 0 aliphatic heterocycles. The molecule has 1 aromatic heterocycles. The highest BCUT2D eigenvalue weighted by atomic mass is 19.3. The van der Waals surface area contributed by atoms with Crippen LogP contribution in [0.4, 0.5) is 8.78 Å². The monoisotopic (exact) mass is 244 g/mol. The molecule has 17 heavy (non-hydrogen) atoms. The molecule has 0 spiro atoms. The van der Waals surface area contributed by atoms with Crippen molar-refractivity contribution in [1.29, 1.82) is 0 Å². The zero-order chi connectivity index (χ0) is 12.9. The lowest BCUT2D eigenvalue weighted by Crippen LogP contribution is -2.41. The molecule has 4 nitrogen and oxygen atoms in total. The molecule has 0 aliphatic rings. The van der Waals surface area contributed by atoms with Crippen molar-refractivity contribution in [3.05, 3.63) is 30.1 Å². The van der Waals surface area contributed by atoms with Crippen molar-refractivity contribution in [2.24, 2.45) is 5.92 Å². The molecule has 1 heterocycles. The van der Waals surface area contributed by atoms with Crippen LogP contribution in [0.1, 0.15) is 12.6 Å². The third-order valence-corrected chi connectivity index (χ3v) is 2.19. The summed E-state index contributed by atoms with van der Waals surface area (Å²) in [4.78, 5) is 14.8. The first kappa shape index (κ1) is 13.5. The van der Waals surface area contributed by atoms with E-state index >= 15 is 0 Å². The molecule has 1 aromatic rings. The first-order valence-electron chi connectivity index (χ1n) is 5.17. The largest absolute Gasteiger partial charge is 0.396 e. The Morgan fingerprint density at radius 2 is 2.29 bits per heavy atom. The van der Waals surface area contributed by atoms with Gasteiger partial charge in [-0.3, -0.25) is 9.78 Å². The predicted octanol–water partition coefficient (Wildman–Crippen LogP) is 0.918. The summed E-state index contributed by atoms with van der Waals surface area (Å²) in [5.74, 6) is -5.33. The molecule has 1 unspecified atom stereocenters. The molecule has 0 fully saturated rings. The summed E-state index contributed by atoms with van der Waals surface area (Å²) in [5.41, 5.74) is -0.589. The van der Waals surface area contributed by atoms with Crippen LogP contribution in [0.3, 0.4) is 0 Å². The van der Waals surface area contributed by atoms with E-state index in [-0.39, 0.29) is 19.1 Å². The van der Waals surface area contributed by atoms with Gasteiger partial charge < -0.3 is 10.4 Å². The van der Waals surface area contributed by atoms with Gasteiger partial charge in [-0.1, -0.05) is 13.0 Å². The van der Waals surface area contributed by atoms with Crippen LogP contribution in [0.5, 0.6) is 0 Å². The summed E-state index contributed by atoms with van der Waals surface area (Å²) in [5, 5.41) is 10.8. The number of hydrogen-bond acceptors (Lipinski definition) is 3. The van der Waals surface area contributed by atoms with Gasteiger partial charge in [0.15, 0.2) is 0 Å². The summed E-state index contributed by atoms with van der Waals surface area (Å²) in [7, 11) is 0. The lowest BCUT2D eigenvalue weighted by molar-refractivity contribution is -0.147. The minimum Gasteiger partial charge on any atom is -0.396 e. The van der Waals surface area contributed by atoms with E-state index in [1.165, 1.54) is 18.3 Å². The van der Waals surface area contributed by atoms with E-state index in [9.17, 15) is 13.6 Å². The van der Waals surface area contributed by atoms with Crippen LogP contribution >= 0.6 is 0 Å². The van der Waals surface area contributed by atoms with E-state index in [1.807, 2.05) is 0 Å². The first-order chi connectivity index (χ1) is 7.98. The second kappa shape index (κ2) is 5.67. The first-order valence-corrected chi connectivity index (χ1v) is 5.17. The SMILES string of the molecule is CC(CO)CNC(=O)C(F)(F)c1ccccn1. The van der Waals surface area contributed by atoms with Crippen LogP contribution < -0.4 is 5.32 Å². The van der Waals surface area contributed by atoms with Gasteiger partial charge in [0.25, 0.3) is 5.91 Å². The number of carbonyl (C=O) groups excluding carboxylic acids is 1. The molecule has 94 valence electrons. The van der Waals surface area contributed by atoms with Gasteiger partial charge >= 0.3 is 5.92 Å². The van der Waals surface area contributed by atoms with Gasteiger partial charge in [-0.15, -0.1) is 0 Å². The van der Waals surface area contributed by atoms with Crippen LogP contribution in [0.15, 0.2) is 24.4 Å². The van der Waals surface area contributed by atoms with Gasteiger partial charge in [0, 0.05) is 19.3 Å². The van der Waals surface area contributed by atoms with Crippen LogP contribution in [-0.4, -0.2) is 29.1 Å². The Bertz CT molecular complexity index is 371. The molecule has 0 aromatic carbocycles. The molecule has 6 heteroatoms. The van der Waals surface area contributed by atoms with Crippen LogP contribution in [0.25, 0.3) is 0 Å². The zero-order valence-electron chi connectivity index (χ0n) is 9.36. The highest BCUT2D eigenvalue weighted by Crippen LogP contribution is 2.25. The van der Waals surface area contributed by atoms with E-state index in [0.717, 1.165) is 6.07 Å². The van der Waals surface area contributed by atoms with E-state index < -0.39 is 17.5 Å². The third kappa shape index (κ3) is 3.45. The molecule has 0 saturated carbocycles. The second-order valence-corrected chi connectivity index (χ2v) is 3.79. The Morgan fingerprint density at radius 3 is 2.82 bits per heavy atom. The molecule has 0 bridgehead atoms. The fraction of sp³-hybridized carbons (Fsp3) is 0.455. The van der Waals surface area contributed by atoms with Crippen molar-refractivity contribution < 1.29 is 18.7 Å². The topological polar surface area (TPSA) is 62.2 Å². The molecule has 0 saturated heterocycles. The fourth-order valence-electron chi connectivity index (χ4n) is 1.11. The number of amides is 1. The predicted molar refractivity (Wildman–Crippen MR) is 57.4 cm³/mol. The molecule has 0 aliphatic carbocycles. The number of nitrogens with zero attached hydrogens (tertiary/aromatic N) is 1. The summed E-state index contributed by atoms with van der Waals surface area (Å²) >= 11 is 0. The Labute approximate surface area is 97.7 Å². The van der Waals surface area contributed by atoms with Gasteiger partial charge in [0.2, 0.25) is 0 Å². The van der Waals surface area contributed by atoms with Crippen molar-refractivity contribution in [2.75, 3.05) is 13.2 Å². The number of alkyl halides is 2. The minimum atomic E-state index is -3.66. The maximum atomic E-state index is 13.6. The summed E-state index contributed by atoms with van der Waals surface area (Å²) < 4.78 is 27.1. The lowest BCUT2D eigenvalue weighted by atomic mass is 10.1. The maximum absolute atomic E-state index is 13.6. The number of aromatic nitrogens is 1. The Morgan fingerprint density at radius 1 is 1.59 bits per heavy atom. The highest BCUT2D eigenvalue weighted by molar-refractivity contribution is 5.84. The van der Waals surface area contributed by atoms with E-state index in [1.54, 1.807) is 6.92 Å². The molecular weight excluding hydrogens is 230 g/mol. The standard InChI is InChI=1S/C11H14F2N2O2/c1-8(7-16)6-15-10(17)11(12,13)9-4-2-3-5-14-9/h2-5,8,16H,6-7H2,1H3,(H,15,17). The Kier molecular flexibility index (Phi) is 4.51. The highest BCUT2D eigenvalue weighted by Gasteiger charge is 2.42. The minimum absolute atomic E-state index is 0.00223. The number of carbonyl (C=O) groups is 1. The third-order valence-electron chi connectivity index (χ3n) is 2.19. The lowest BCUT2D eigenvalue weighted by Gasteiger charge is -2.16. The molecule has 1 amide bonds. The number of aliphatic hydroxyl groups excluding tert-OH is 1. The number of rotatable bonds is 5. The summed E-state index contributed by atoms with van der Waals surface area (Å²) in [6.07, 6.45) is 1.20. The van der Waals surface area contributed by atoms with E-state index in [4.69, 9.17) is 5.11 Å². The van der Waals surface area contributed by atoms with Crippen molar-refractivity contribution in [1.82, 2.24) is 10.3 Å². The normalized spacial score (nSPS) is 13.2. The Hall–Kier alpha value is -1.56. The summed E-state index contributed by atoms with van der Waals surface area (Å²) in [6, 6.07) is 3.97. The quantitative estimate of drug-likeness (QED) is 0.809. The maximum Gasteiger partial charge on any atom is 0.366 e. The van der Waals surface area contributed by atoms with Gasteiger partial charge in [0.05, 0.1) is 0 Å². The smallest absolute Gasteiger partial charge is 0.366 e. The van der Waals surface area contributed by atoms with Gasteiger partial charge in [0.1, 0.15) is 5.69 Å². The Balaban J connectivity index is 2.67. The number of nitrogens with one attached hydrogen (secondary N) is 1. The number of halogens is 2. The van der Waals surface area contributed by atoms with Crippen molar-refractivity contribution in [3.63, 3.8) is 0 Å². The molecule has 2 N–H and O–H groups in total. The van der Waals surface area contributed by atoms with Crippen LogP contribution in [-0.2, 0) is 10.7 Å². The number of pyridine rings is 1. The number of hydrogen-bond donors (Lipinski definition) is 2. The van der Waals surface area contributed by atoms with Gasteiger partial charge in [-0.25, -0.2) is 0 Å². The van der Waals surface area contributed by atoms with E-state index in [0.29, 0.717) is 0 Å². The molecule has 1 rings (SSSR count). The van der Waals surface area contributed by atoms with Crippen molar-refractivity contribution in [2.45, 2.75) is 12.8 Å². The van der Waals surface area contributed by atoms with Crippen LogP contribution in [0, 0.1) is 5.92 Å². The fourth-order valence-corrected chi connectivity index (χ4v) is 1.11. The average Bonchev–Trinajstić information content (AvgIpc) is 2.36. The zero-order valence-corrected chi connectivity index (χ0v) is 9.36. The van der Waals surface area contributed by atoms with Crippen molar-refractivity contribution in [3.8, 4) is 0 Å². The van der Waals surface area contributed by atoms with Crippen LogP contribution in [0.2, 0.25) is 0 Å². The molecule has 1 atom stereocenters. The van der Waals surface area contributed by atoms with Gasteiger partial charge in [-0.2, -0.15) is 8.78 Å².